The molecule has 1 aliphatic carbocycles. The van der Waals surface area contributed by atoms with Gasteiger partial charge in [0, 0.05) is 6.54 Å². The molecule has 4 heteroatoms. The van der Waals surface area contributed by atoms with Gasteiger partial charge in [0.2, 0.25) is 5.91 Å². The quantitative estimate of drug-likeness (QED) is 0.382. The van der Waals surface area contributed by atoms with Crippen molar-refractivity contribution < 1.29 is 9.90 Å². The molecule has 1 saturated carbocycles. The molecule has 4 nitrogen and oxygen atoms in total. The highest BCUT2D eigenvalue weighted by atomic mass is 16.3. The monoisotopic (exact) mass is 184 g/mol. The first-order valence-electron chi connectivity index (χ1n) is 4.46. The maximum Gasteiger partial charge on any atom is 0.234 e. The molecular formula is C9H16N2O2. The Morgan fingerprint density at radius 2 is 2.31 bits per heavy atom. The normalized spacial score (nSPS) is 17.9. The second kappa shape index (κ2) is 4.39. The van der Waals surface area contributed by atoms with Gasteiger partial charge in [-0.05, 0) is 12.8 Å². The third-order valence-electron chi connectivity index (χ3n) is 2.14. The van der Waals surface area contributed by atoms with E-state index < -0.39 is 0 Å². The Morgan fingerprint density at radius 3 is 2.77 bits per heavy atom. The summed E-state index contributed by atoms with van der Waals surface area (Å²) in [5, 5.41) is 14.6. The highest BCUT2D eigenvalue weighted by Crippen LogP contribution is 2.34. The first kappa shape index (κ1) is 10.2. The van der Waals surface area contributed by atoms with Gasteiger partial charge in [0.25, 0.3) is 0 Å². The summed E-state index contributed by atoms with van der Waals surface area (Å²) in [6.45, 7) is 4.48. The van der Waals surface area contributed by atoms with Crippen LogP contribution in [0.3, 0.4) is 0 Å². The lowest BCUT2D eigenvalue weighted by Gasteiger charge is -2.13. The Balaban J connectivity index is 2.14. The number of aliphatic hydroxyl groups is 1. The van der Waals surface area contributed by atoms with Crippen LogP contribution in [-0.2, 0) is 4.79 Å². The van der Waals surface area contributed by atoms with Gasteiger partial charge in [-0.3, -0.25) is 4.79 Å². The summed E-state index contributed by atoms with van der Waals surface area (Å²) >= 11 is 0. The number of hydrogen-bond donors (Lipinski definition) is 3. The van der Waals surface area contributed by atoms with Crippen LogP contribution in [0.25, 0.3) is 0 Å². The molecule has 0 aromatic heterocycles. The third-order valence-corrected chi connectivity index (χ3v) is 2.14. The average molecular weight is 184 g/mol. The van der Waals surface area contributed by atoms with E-state index in [4.69, 9.17) is 5.11 Å². The van der Waals surface area contributed by atoms with Crippen molar-refractivity contribution >= 4 is 5.91 Å². The zero-order valence-corrected chi connectivity index (χ0v) is 7.68. The molecule has 0 aromatic rings. The van der Waals surface area contributed by atoms with E-state index in [9.17, 15) is 4.79 Å². The van der Waals surface area contributed by atoms with Crippen LogP contribution in [-0.4, -0.2) is 36.2 Å². The maximum atomic E-state index is 11.2. The lowest BCUT2D eigenvalue weighted by atomic mass is 10.3. The van der Waals surface area contributed by atoms with E-state index in [2.05, 4.69) is 17.2 Å². The van der Waals surface area contributed by atoms with Gasteiger partial charge in [-0.25, -0.2) is 0 Å². The summed E-state index contributed by atoms with van der Waals surface area (Å²) < 4.78 is 0. The Hall–Kier alpha value is -0.870. The van der Waals surface area contributed by atoms with Crippen molar-refractivity contribution in [1.82, 2.24) is 10.6 Å². The highest BCUT2D eigenvalue weighted by molar-refractivity contribution is 5.79. The van der Waals surface area contributed by atoms with Crippen molar-refractivity contribution in [3.05, 3.63) is 12.7 Å². The Bertz CT molecular complexity index is 200. The molecule has 0 saturated heterocycles. The van der Waals surface area contributed by atoms with Gasteiger partial charge >= 0.3 is 0 Å². The molecule has 0 radical (unpaired) electrons. The number of amides is 1. The number of rotatable bonds is 6. The van der Waals surface area contributed by atoms with Crippen molar-refractivity contribution in [2.24, 2.45) is 0 Å². The van der Waals surface area contributed by atoms with Crippen LogP contribution < -0.4 is 10.6 Å². The summed E-state index contributed by atoms with van der Waals surface area (Å²) in [7, 11) is 0. The van der Waals surface area contributed by atoms with Gasteiger partial charge < -0.3 is 15.7 Å². The fraction of sp³-hybridized carbons (Fsp3) is 0.667. The fourth-order valence-corrected chi connectivity index (χ4v) is 1.10. The van der Waals surface area contributed by atoms with Crippen LogP contribution in [0, 0.1) is 0 Å². The number of hydrogen-bond acceptors (Lipinski definition) is 3. The standard InChI is InChI=1S/C9H16N2O2/c1-2-5-10-6-8(13)11-9(7-12)3-4-9/h2,10,12H,1,3-7H2,(H,11,13). The zero-order chi connectivity index (χ0) is 9.73. The van der Waals surface area contributed by atoms with Crippen LogP contribution in [0.2, 0.25) is 0 Å². The molecule has 1 aliphatic rings. The van der Waals surface area contributed by atoms with E-state index >= 15 is 0 Å². The van der Waals surface area contributed by atoms with Gasteiger partial charge in [-0.1, -0.05) is 6.08 Å². The molecule has 13 heavy (non-hydrogen) atoms. The van der Waals surface area contributed by atoms with Crippen LogP contribution in [0.4, 0.5) is 0 Å². The highest BCUT2D eigenvalue weighted by Gasteiger charge is 2.43. The van der Waals surface area contributed by atoms with E-state index in [0.717, 1.165) is 12.8 Å². The molecule has 0 unspecified atom stereocenters. The zero-order valence-electron chi connectivity index (χ0n) is 7.68. The van der Waals surface area contributed by atoms with Crippen molar-refractivity contribution in [2.75, 3.05) is 19.7 Å². The molecule has 1 rings (SSSR count). The van der Waals surface area contributed by atoms with Crippen molar-refractivity contribution in [3.8, 4) is 0 Å². The molecular weight excluding hydrogens is 168 g/mol. The molecule has 0 atom stereocenters. The number of carbonyl (C=O) groups excluding carboxylic acids is 1. The molecule has 3 N–H and O–H groups in total. The van der Waals surface area contributed by atoms with Gasteiger partial charge in [-0.2, -0.15) is 0 Å². The minimum Gasteiger partial charge on any atom is -0.394 e. The van der Waals surface area contributed by atoms with E-state index in [-0.39, 0.29) is 24.6 Å². The van der Waals surface area contributed by atoms with E-state index in [1.165, 1.54) is 0 Å². The summed E-state index contributed by atoms with van der Waals surface area (Å²) in [5.74, 6) is -0.0617. The second-order valence-electron chi connectivity index (χ2n) is 3.41. The summed E-state index contributed by atoms with van der Waals surface area (Å²) in [6, 6.07) is 0. The molecule has 1 amide bonds. The summed E-state index contributed by atoms with van der Waals surface area (Å²) in [5.41, 5.74) is -0.299. The van der Waals surface area contributed by atoms with Crippen LogP contribution in [0.5, 0.6) is 0 Å². The Kier molecular flexibility index (Phi) is 3.45. The van der Waals surface area contributed by atoms with Crippen molar-refractivity contribution in [3.63, 3.8) is 0 Å². The smallest absolute Gasteiger partial charge is 0.234 e. The first-order chi connectivity index (χ1) is 6.22. The summed E-state index contributed by atoms with van der Waals surface area (Å²) in [4.78, 5) is 11.2. The van der Waals surface area contributed by atoms with E-state index in [0.29, 0.717) is 6.54 Å². The largest absolute Gasteiger partial charge is 0.394 e. The van der Waals surface area contributed by atoms with E-state index in [1.54, 1.807) is 6.08 Å². The van der Waals surface area contributed by atoms with Crippen LogP contribution >= 0.6 is 0 Å². The van der Waals surface area contributed by atoms with E-state index in [1.807, 2.05) is 0 Å². The molecule has 0 aromatic carbocycles. The lowest BCUT2D eigenvalue weighted by molar-refractivity contribution is -0.121. The van der Waals surface area contributed by atoms with Crippen molar-refractivity contribution in [1.29, 1.82) is 0 Å². The van der Waals surface area contributed by atoms with Gasteiger partial charge in [-0.15, -0.1) is 6.58 Å². The molecule has 0 heterocycles. The molecule has 74 valence electrons. The third kappa shape index (κ3) is 3.16. The van der Waals surface area contributed by atoms with Crippen molar-refractivity contribution in [2.45, 2.75) is 18.4 Å². The van der Waals surface area contributed by atoms with Gasteiger partial charge in [0.05, 0.1) is 18.7 Å². The number of carbonyl (C=O) groups is 1. The second-order valence-corrected chi connectivity index (χ2v) is 3.41. The maximum absolute atomic E-state index is 11.2. The Labute approximate surface area is 78.0 Å². The molecule has 0 spiro atoms. The SMILES string of the molecule is C=CCNCC(=O)NC1(CO)CC1. The molecule has 0 aliphatic heterocycles. The lowest BCUT2D eigenvalue weighted by Crippen LogP contribution is -2.43. The average Bonchev–Trinajstić information content (AvgIpc) is 2.86. The minimum absolute atomic E-state index is 0.0419. The predicted octanol–water partition coefficient (Wildman–Crippen LogP) is -0.597. The van der Waals surface area contributed by atoms with Gasteiger partial charge in [0.1, 0.15) is 0 Å². The topological polar surface area (TPSA) is 61.4 Å². The molecule has 0 bridgehead atoms. The number of nitrogens with one attached hydrogen (secondary N) is 2. The van der Waals surface area contributed by atoms with Crippen LogP contribution in [0.15, 0.2) is 12.7 Å². The fourth-order valence-electron chi connectivity index (χ4n) is 1.10. The van der Waals surface area contributed by atoms with Gasteiger partial charge in [0.15, 0.2) is 0 Å². The number of aliphatic hydroxyl groups excluding tert-OH is 1. The van der Waals surface area contributed by atoms with Crippen LogP contribution in [0.1, 0.15) is 12.8 Å². The minimum atomic E-state index is -0.299. The summed E-state index contributed by atoms with van der Waals surface area (Å²) in [6.07, 6.45) is 3.47. The Morgan fingerprint density at radius 1 is 1.62 bits per heavy atom. The molecule has 1 fully saturated rings. The predicted molar refractivity (Wildman–Crippen MR) is 50.3 cm³/mol. The first-order valence-corrected chi connectivity index (χ1v) is 4.46.